The number of likely N-dealkylation sites (tertiary alicyclic amines) is 1. The molecule has 6 rings (SSSR count). The number of nitrogens with one attached hydrogen (secondary N) is 1. The minimum atomic E-state index is -0.313. The van der Waals surface area contributed by atoms with Gasteiger partial charge in [-0.15, -0.1) is 0 Å². The van der Waals surface area contributed by atoms with E-state index in [1.165, 1.54) is 60.1 Å². The van der Waals surface area contributed by atoms with Crippen molar-refractivity contribution in [3.63, 3.8) is 0 Å². The zero-order chi connectivity index (χ0) is 25.6. The van der Waals surface area contributed by atoms with Gasteiger partial charge in [0.05, 0.1) is 0 Å². The number of carbonyl (C=O) groups is 1. The molecule has 1 amide bonds. The predicted octanol–water partition coefficient (Wildman–Crippen LogP) is 7.33. The third-order valence-corrected chi connectivity index (χ3v) is 9.22. The second kappa shape index (κ2) is 9.57. The molecule has 3 nitrogen and oxygen atoms in total. The molecule has 0 aromatic heterocycles. The van der Waals surface area contributed by atoms with Gasteiger partial charge in [-0.2, -0.15) is 0 Å². The zero-order valence-electron chi connectivity index (χ0n) is 21.7. The number of carbonyl (C=O) groups excluding carboxylic acids is 1. The second-order valence-corrected chi connectivity index (χ2v) is 11.3. The van der Waals surface area contributed by atoms with E-state index < -0.39 is 0 Å². The lowest BCUT2D eigenvalue weighted by Gasteiger charge is -2.46. The molecule has 1 spiro atoms. The van der Waals surface area contributed by atoms with Crippen LogP contribution in [0.1, 0.15) is 71.1 Å². The zero-order valence-corrected chi connectivity index (χ0v) is 21.7. The molecule has 1 N–H and O–H groups in total. The highest BCUT2D eigenvalue weighted by atomic mass is 19.1. The molecule has 1 heterocycles. The van der Waals surface area contributed by atoms with Gasteiger partial charge in [-0.1, -0.05) is 49.4 Å². The van der Waals surface area contributed by atoms with Crippen LogP contribution < -0.4 is 5.32 Å². The van der Waals surface area contributed by atoms with Crippen LogP contribution in [0.3, 0.4) is 0 Å². The number of halogens is 1. The van der Waals surface area contributed by atoms with Crippen LogP contribution >= 0.6 is 0 Å². The van der Waals surface area contributed by atoms with Crippen molar-refractivity contribution in [1.29, 1.82) is 0 Å². The number of nitrogens with zero attached hydrogens (tertiary/aromatic N) is 1. The van der Waals surface area contributed by atoms with Crippen molar-refractivity contribution in [1.82, 2.24) is 4.90 Å². The van der Waals surface area contributed by atoms with Crippen molar-refractivity contribution >= 4 is 17.7 Å². The molecule has 1 aliphatic heterocycles. The number of fused-ring (bicyclic) bond motifs is 2. The number of rotatable bonds is 4. The summed E-state index contributed by atoms with van der Waals surface area (Å²) in [6, 6.07) is 21.5. The van der Waals surface area contributed by atoms with Gasteiger partial charge in [-0.3, -0.25) is 4.79 Å². The minimum absolute atomic E-state index is 0.163. The van der Waals surface area contributed by atoms with Gasteiger partial charge in [-0.05, 0) is 110 Å². The van der Waals surface area contributed by atoms with E-state index in [-0.39, 0.29) is 17.1 Å². The maximum atomic E-state index is 13.2. The Labute approximate surface area is 219 Å². The van der Waals surface area contributed by atoms with Crippen LogP contribution in [-0.2, 0) is 5.41 Å². The largest absolute Gasteiger partial charge is 0.322 e. The lowest BCUT2D eigenvalue weighted by Crippen LogP contribution is -2.50. The second-order valence-electron chi connectivity index (χ2n) is 11.3. The van der Waals surface area contributed by atoms with Crippen LogP contribution in [-0.4, -0.2) is 29.9 Å². The molecule has 3 aliphatic rings. The number of allylic oxidation sites excluding steroid dienone is 1. The Morgan fingerprint density at radius 3 is 2.65 bits per heavy atom. The lowest BCUT2D eigenvalue weighted by molar-refractivity contribution is 0.0898. The SMILES string of the molecule is Cc1cc(C(=O)Nc2ccc(F)cc2)ccc1C1CCC(N2CCC3(C=Cc4ccccc43)[C@@H](C)C2)C1. The van der Waals surface area contributed by atoms with Crippen LogP contribution in [0, 0.1) is 18.7 Å². The van der Waals surface area contributed by atoms with Crippen molar-refractivity contribution in [3.05, 3.63) is 106 Å². The summed E-state index contributed by atoms with van der Waals surface area (Å²) in [5.74, 6) is 0.662. The molecular formula is C33H35FN2O. The topological polar surface area (TPSA) is 32.3 Å². The fourth-order valence-corrected chi connectivity index (χ4v) is 7.14. The first-order valence-corrected chi connectivity index (χ1v) is 13.6. The quantitative estimate of drug-likeness (QED) is 0.412. The molecule has 190 valence electrons. The van der Waals surface area contributed by atoms with Crippen LogP contribution in [0.4, 0.5) is 10.1 Å². The molecule has 37 heavy (non-hydrogen) atoms. The summed E-state index contributed by atoms with van der Waals surface area (Å²) in [6.45, 7) is 6.86. The summed E-state index contributed by atoms with van der Waals surface area (Å²) in [5, 5.41) is 2.87. The Bertz CT molecular complexity index is 1350. The lowest BCUT2D eigenvalue weighted by atomic mass is 9.68. The number of amides is 1. The molecule has 1 saturated carbocycles. The van der Waals surface area contributed by atoms with Gasteiger partial charge in [0.1, 0.15) is 5.82 Å². The highest BCUT2D eigenvalue weighted by Gasteiger charge is 2.45. The third kappa shape index (κ3) is 4.42. The fourth-order valence-electron chi connectivity index (χ4n) is 7.14. The Hall–Kier alpha value is -3.24. The molecule has 2 fully saturated rings. The van der Waals surface area contributed by atoms with Gasteiger partial charge >= 0.3 is 0 Å². The molecule has 3 aromatic rings. The standard InChI is InChI=1S/C33H35FN2O/c1-22-19-26(32(37)35-28-11-9-27(34)10-12-28)8-14-30(22)25-7-13-29(20-25)36-18-17-33(23(2)21-36)16-15-24-5-3-4-6-31(24)33/h3-6,8-12,14-16,19,23,25,29H,7,13,17-18,20-21H2,1-2H3,(H,35,37)/t23-,25?,29?,33?/m0/s1. The summed E-state index contributed by atoms with van der Waals surface area (Å²) in [7, 11) is 0. The third-order valence-electron chi connectivity index (χ3n) is 9.22. The van der Waals surface area contributed by atoms with Gasteiger partial charge in [0.15, 0.2) is 0 Å². The molecule has 2 aliphatic carbocycles. The summed E-state index contributed by atoms with van der Waals surface area (Å²) in [4.78, 5) is 15.5. The van der Waals surface area contributed by atoms with Crippen molar-refractivity contribution < 1.29 is 9.18 Å². The number of anilines is 1. The van der Waals surface area contributed by atoms with Crippen molar-refractivity contribution in [3.8, 4) is 0 Å². The molecule has 0 radical (unpaired) electrons. The van der Waals surface area contributed by atoms with Crippen LogP contribution in [0.25, 0.3) is 6.08 Å². The highest BCUT2D eigenvalue weighted by molar-refractivity contribution is 6.04. The Morgan fingerprint density at radius 1 is 1.05 bits per heavy atom. The van der Waals surface area contributed by atoms with E-state index >= 15 is 0 Å². The van der Waals surface area contributed by atoms with Gasteiger partial charge in [0.2, 0.25) is 0 Å². The Balaban J connectivity index is 1.10. The van der Waals surface area contributed by atoms with Gasteiger partial charge in [-0.25, -0.2) is 4.39 Å². The normalized spacial score (nSPS) is 26.9. The minimum Gasteiger partial charge on any atom is -0.322 e. The molecule has 4 atom stereocenters. The van der Waals surface area contributed by atoms with Gasteiger partial charge < -0.3 is 10.2 Å². The van der Waals surface area contributed by atoms with Crippen molar-refractivity contribution in [2.45, 2.75) is 56.9 Å². The van der Waals surface area contributed by atoms with Crippen LogP contribution in [0.15, 0.2) is 72.8 Å². The van der Waals surface area contributed by atoms with Gasteiger partial charge in [0, 0.05) is 29.3 Å². The first-order valence-electron chi connectivity index (χ1n) is 13.6. The molecular weight excluding hydrogens is 459 g/mol. The fraction of sp³-hybridized carbons (Fsp3) is 0.364. The number of hydrogen-bond donors (Lipinski definition) is 1. The van der Waals surface area contributed by atoms with E-state index in [1.54, 1.807) is 12.1 Å². The van der Waals surface area contributed by atoms with Crippen molar-refractivity contribution in [2.24, 2.45) is 5.92 Å². The highest BCUT2D eigenvalue weighted by Crippen LogP contribution is 2.48. The number of benzene rings is 3. The number of piperidine rings is 1. The Kier molecular flexibility index (Phi) is 6.24. The summed E-state index contributed by atoms with van der Waals surface area (Å²) >= 11 is 0. The number of hydrogen-bond acceptors (Lipinski definition) is 2. The summed E-state index contributed by atoms with van der Waals surface area (Å²) in [6.07, 6.45) is 9.63. The molecule has 1 saturated heterocycles. The number of aryl methyl sites for hydroxylation is 1. The van der Waals surface area contributed by atoms with E-state index in [0.29, 0.717) is 29.1 Å². The monoisotopic (exact) mass is 494 g/mol. The van der Waals surface area contributed by atoms with E-state index in [1.807, 2.05) is 12.1 Å². The average Bonchev–Trinajstić information content (AvgIpc) is 3.54. The first kappa shape index (κ1) is 24.1. The van der Waals surface area contributed by atoms with E-state index in [9.17, 15) is 9.18 Å². The summed E-state index contributed by atoms with van der Waals surface area (Å²) < 4.78 is 13.2. The van der Waals surface area contributed by atoms with Crippen molar-refractivity contribution in [2.75, 3.05) is 18.4 Å². The molecule has 3 aromatic carbocycles. The first-order chi connectivity index (χ1) is 17.9. The van der Waals surface area contributed by atoms with Gasteiger partial charge in [0.25, 0.3) is 5.91 Å². The molecule has 4 heteroatoms. The van der Waals surface area contributed by atoms with Crippen LogP contribution in [0.2, 0.25) is 0 Å². The van der Waals surface area contributed by atoms with E-state index in [0.717, 1.165) is 13.1 Å². The van der Waals surface area contributed by atoms with Crippen LogP contribution in [0.5, 0.6) is 0 Å². The summed E-state index contributed by atoms with van der Waals surface area (Å²) in [5.41, 5.74) is 6.90. The maximum absolute atomic E-state index is 13.2. The van der Waals surface area contributed by atoms with E-state index in [2.05, 4.69) is 66.5 Å². The molecule has 0 bridgehead atoms. The predicted molar refractivity (Wildman–Crippen MR) is 148 cm³/mol. The molecule has 3 unspecified atom stereocenters. The average molecular weight is 495 g/mol. The smallest absolute Gasteiger partial charge is 0.255 e. The maximum Gasteiger partial charge on any atom is 0.255 e. The Morgan fingerprint density at radius 2 is 1.86 bits per heavy atom. The van der Waals surface area contributed by atoms with E-state index in [4.69, 9.17) is 0 Å².